The van der Waals surface area contributed by atoms with Gasteiger partial charge in [0.25, 0.3) is 0 Å². The summed E-state index contributed by atoms with van der Waals surface area (Å²) in [6.45, 7) is 0.517. The lowest BCUT2D eigenvalue weighted by Gasteiger charge is -2.26. The zero-order valence-corrected chi connectivity index (χ0v) is 12.0. The molecular weight excluding hydrogens is 284 g/mol. The summed E-state index contributed by atoms with van der Waals surface area (Å²) in [4.78, 5) is 12.9. The third kappa shape index (κ3) is 1.70. The number of ketones is 1. The Balaban J connectivity index is 1.84. The highest BCUT2D eigenvalue weighted by Crippen LogP contribution is 2.47. The largest absolute Gasteiger partial charge is 0.291 e. The molecule has 2 aromatic rings. The molecule has 3 nitrogen and oxygen atoms in total. The molecule has 1 aliphatic carbocycles. The highest BCUT2D eigenvalue weighted by Gasteiger charge is 2.54. The fourth-order valence-corrected chi connectivity index (χ4v) is 3.71. The van der Waals surface area contributed by atoms with Gasteiger partial charge < -0.3 is 0 Å². The van der Waals surface area contributed by atoms with Crippen molar-refractivity contribution in [1.29, 1.82) is 0 Å². The predicted molar refractivity (Wildman–Crippen MR) is 81.1 cm³/mol. The van der Waals surface area contributed by atoms with Crippen molar-refractivity contribution < 1.29 is 4.79 Å². The lowest BCUT2D eigenvalue weighted by molar-refractivity contribution is 0.0897. The van der Waals surface area contributed by atoms with E-state index in [1.54, 1.807) is 0 Å². The molecule has 4 rings (SSSR count). The van der Waals surface area contributed by atoms with Crippen LogP contribution in [0.25, 0.3) is 0 Å². The number of carbonyl (C=O) groups excluding carboxylic acids is 1. The van der Waals surface area contributed by atoms with Gasteiger partial charge in [-0.2, -0.15) is 10.2 Å². The van der Waals surface area contributed by atoms with Crippen molar-refractivity contribution in [1.82, 2.24) is 0 Å². The summed E-state index contributed by atoms with van der Waals surface area (Å²) >= 11 is 6.33. The third-order valence-corrected chi connectivity index (χ3v) is 4.83. The van der Waals surface area contributed by atoms with Crippen LogP contribution in [0, 0.1) is 0 Å². The first kappa shape index (κ1) is 12.7. The van der Waals surface area contributed by atoms with Gasteiger partial charge in [0.05, 0.1) is 6.54 Å². The quantitative estimate of drug-likeness (QED) is 0.782. The van der Waals surface area contributed by atoms with Gasteiger partial charge >= 0.3 is 0 Å². The minimum atomic E-state index is -0.797. The van der Waals surface area contributed by atoms with Gasteiger partial charge in [-0.05, 0) is 17.2 Å². The molecule has 0 bridgehead atoms. The van der Waals surface area contributed by atoms with Gasteiger partial charge in [0.1, 0.15) is 0 Å². The summed E-state index contributed by atoms with van der Waals surface area (Å²) in [5, 5.41) is 9.25. The van der Waals surface area contributed by atoms with Gasteiger partial charge in [-0.1, -0.05) is 54.1 Å². The van der Waals surface area contributed by atoms with Gasteiger partial charge in [-0.25, -0.2) is 0 Å². The number of Topliss-reactive ketones (excluding diaryl/α,β-unsaturated/α-hetero) is 1. The Hall–Kier alpha value is -2.00. The SMILES string of the molecule is O=C1c2ccccc2C[C@]12N=NC[C@H]2c1ccccc1Cl. The van der Waals surface area contributed by atoms with E-state index in [-0.39, 0.29) is 11.7 Å². The van der Waals surface area contributed by atoms with E-state index in [9.17, 15) is 4.79 Å². The minimum absolute atomic E-state index is 0.0734. The number of hydrogen-bond acceptors (Lipinski definition) is 3. The van der Waals surface area contributed by atoms with Crippen LogP contribution in [0.3, 0.4) is 0 Å². The van der Waals surface area contributed by atoms with E-state index < -0.39 is 5.54 Å². The molecule has 1 spiro atoms. The molecular formula is C17H13ClN2O. The fourth-order valence-electron chi connectivity index (χ4n) is 3.44. The van der Waals surface area contributed by atoms with Crippen molar-refractivity contribution in [2.24, 2.45) is 10.2 Å². The highest BCUT2D eigenvalue weighted by molar-refractivity contribution is 6.31. The Morgan fingerprint density at radius 2 is 1.86 bits per heavy atom. The first-order chi connectivity index (χ1) is 10.2. The maximum Gasteiger partial charge on any atom is 0.193 e. The molecule has 2 aliphatic rings. The van der Waals surface area contributed by atoms with Crippen LogP contribution in [0.1, 0.15) is 27.4 Å². The van der Waals surface area contributed by atoms with Crippen LogP contribution in [-0.2, 0) is 6.42 Å². The summed E-state index contributed by atoms with van der Waals surface area (Å²) in [5.74, 6) is -0.00429. The molecule has 0 unspecified atom stereocenters. The van der Waals surface area contributed by atoms with E-state index in [1.807, 2.05) is 48.5 Å². The minimum Gasteiger partial charge on any atom is -0.291 e. The Morgan fingerprint density at radius 1 is 1.10 bits per heavy atom. The Bertz CT molecular complexity index is 771. The van der Waals surface area contributed by atoms with Crippen molar-refractivity contribution in [2.75, 3.05) is 6.54 Å². The van der Waals surface area contributed by atoms with Crippen molar-refractivity contribution in [2.45, 2.75) is 17.9 Å². The van der Waals surface area contributed by atoms with Gasteiger partial charge in [0.2, 0.25) is 0 Å². The van der Waals surface area contributed by atoms with Crippen LogP contribution in [0.5, 0.6) is 0 Å². The summed E-state index contributed by atoms with van der Waals surface area (Å²) < 4.78 is 0. The Labute approximate surface area is 127 Å². The molecule has 21 heavy (non-hydrogen) atoms. The number of rotatable bonds is 1. The highest BCUT2D eigenvalue weighted by atomic mass is 35.5. The maximum absolute atomic E-state index is 12.9. The lowest BCUT2D eigenvalue weighted by Crippen LogP contribution is -2.39. The monoisotopic (exact) mass is 296 g/mol. The van der Waals surface area contributed by atoms with E-state index >= 15 is 0 Å². The topological polar surface area (TPSA) is 41.8 Å². The van der Waals surface area contributed by atoms with E-state index in [2.05, 4.69) is 10.2 Å². The average Bonchev–Trinajstić information content (AvgIpc) is 3.04. The van der Waals surface area contributed by atoms with E-state index in [0.29, 0.717) is 18.0 Å². The third-order valence-electron chi connectivity index (χ3n) is 4.49. The van der Waals surface area contributed by atoms with Gasteiger partial charge in [-0.3, -0.25) is 4.79 Å². The molecule has 1 heterocycles. The molecule has 0 radical (unpaired) electrons. The number of fused-ring (bicyclic) bond motifs is 1. The molecule has 0 N–H and O–H groups in total. The number of hydrogen-bond donors (Lipinski definition) is 0. The van der Waals surface area contributed by atoms with Crippen LogP contribution in [0.2, 0.25) is 5.02 Å². The molecule has 1 aliphatic heterocycles. The number of halogens is 1. The second kappa shape index (κ2) is 4.50. The standard InChI is InChI=1S/C17H13ClN2O/c18-15-8-4-3-7-13(15)14-10-19-20-17(14)9-11-5-1-2-6-12(11)16(17)21/h1-8,14H,9-10H2/t14-,17+/m0/s1. The van der Waals surface area contributed by atoms with Crippen molar-refractivity contribution >= 4 is 17.4 Å². The normalized spacial score (nSPS) is 26.5. The van der Waals surface area contributed by atoms with Gasteiger partial charge in [-0.15, -0.1) is 0 Å². The van der Waals surface area contributed by atoms with E-state index in [4.69, 9.17) is 11.6 Å². The molecule has 0 amide bonds. The molecule has 2 atom stereocenters. The smallest absolute Gasteiger partial charge is 0.193 e. The Kier molecular flexibility index (Phi) is 2.73. The number of carbonyl (C=O) groups is 1. The van der Waals surface area contributed by atoms with E-state index in [0.717, 1.165) is 16.7 Å². The van der Waals surface area contributed by atoms with Gasteiger partial charge in [0.15, 0.2) is 11.3 Å². The Morgan fingerprint density at radius 3 is 2.67 bits per heavy atom. The van der Waals surface area contributed by atoms with Crippen molar-refractivity contribution in [3.63, 3.8) is 0 Å². The fraction of sp³-hybridized carbons (Fsp3) is 0.235. The van der Waals surface area contributed by atoms with E-state index in [1.165, 1.54) is 0 Å². The first-order valence-corrected chi connectivity index (χ1v) is 7.36. The molecule has 4 heteroatoms. The number of azo groups is 1. The van der Waals surface area contributed by atoms with Crippen LogP contribution in [0.4, 0.5) is 0 Å². The molecule has 2 aromatic carbocycles. The van der Waals surface area contributed by atoms with Crippen LogP contribution < -0.4 is 0 Å². The second-order valence-corrected chi connectivity index (χ2v) is 5.99. The molecule has 104 valence electrons. The summed E-state index contributed by atoms with van der Waals surface area (Å²) in [5.41, 5.74) is 2.00. The van der Waals surface area contributed by atoms with Crippen LogP contribution in [0.15, 0.2) is 58.8 Å². The summed E-state index contributed by atoms with van der Waals surface area (Å²) in [7, 11) is 0. The number of benzene rings is 2. The average molecular weight is 297 g/mol. The van der Waals surface area contributed by atoms with Crippen molar-refractivity contribution in [3.8, 4) is 0 Å². The second-order valence-electron chi connectivity index (χ2n) is 5.59. The molecule has 0 fully saturated rings. The van der Waals surface area contributed by atoms with Crippen LogP contribution in [-0.4, -0.2) is 17.9 Å². The summed E-state index contributed by atoms with van der Waals surface area (Å²) in [6, 6.07) is 15.4. The van der Waals surface area contributed by atoms with Crippen molar-refractivity contribution in [3.05, 3.63) is 70.2 Å². The van der Waals surface area contributed by atoms with Gasteiger partial charge in [0, 0.05) is 22.9 Å². The zero-order chi connectivity index (χ0) is 14.4. The first-order valence-electron chi connectivity index (χ1n) is 6.98. The maximum atomic E-state index is 12.9. The lowest BCUT2D eigenvalue weighted by atomic mass is 9.78. The summed E-state index contributed by atoms with van der Waals surface area (Å²) in [6.07, 6.45) is 0.612. The predicted octanol–water partition coefficient (Wildman–Crippen LogP) is 4.07. The zero-order valence-electron chi connectivity index (χ0n) is 11.3. The molecule has 0 saturated carbocycles. The molecule has 0 aromatic heterocycles. The number of nitrogens with zero attached hydrogens (tertiary/aromatic N) is 2. The van der Waals surface area contributed by atoms with Crippen LogP contribution >= 0.6 is 11.6 Å². The molecule has 0 saturated heterocycles.